The Morgan fingerprint density at radius 3 is 2.62 bits per heavy atom. The summed E-state index contributed by atoms with van der Waals surface area (Å²) in [5.41, 5.74) is 6.63. The van der Waals surface area contributed by atoms with Crippen LogP contribution in [0.4, 0.5) is 0 Å². The van der Waals surface area contributed by atoms with Crippen LogP contribution < -0.4 is 11.1 Å². The number of halogens is 1. The standard InChI is InChI=1S/C17H24N2O.ClH/c18-8-9-19-16(20)17(11-13-4-2-1-3-5-13)12-14-6-7-15(17)10-14;/h1-5,14-15H,6-12,18H2,(H,19,20);1H. The van der Waals surface area contributed by atoms with Gasteiger partial charge in [-0.25, -0.2) is 0 Å². The molecule has 2 bridgehead atoms. The van der Waals surface area contributed by atoms with Crippen molar-refractivity contribution in [3.63, 3.8) is 0 Å². The second-order valence-corrected chi connectivity index (χ2v) is 6.44. The smallest absolute Gasteiger partial charge is 0.226 e. The summed E-state index contributed by atoms with van der Waals surface area (Å²) in [6.07, 6.45) is 5.70. The monoisotopic (exact) mass is 308 g/mol. The second kappa shape index (κ2) is 6.80. The van der Waals surface area contributed by atoms with E-state index in [1.165, 1.54) is 24.8 Å². The summed E-state index contributed by atoms with van der Waals surface area (Å²) in [5.74, 6) is 1.55. The predicted octanol–water partition coefficient (Wildman–Crippen LogP) is 2.53. The Balaban J connectivity index is 0.00000161. The second-order valence-electron chi connectivity index (χ2n) is 6.44. The quantitative estimate of drug-likeness (QED) is 0.878. The van der Waals surface area contributed by atoms with E-state index >= 15 is 0 Å². The summed E-state index contributed by atoms with van der Waals surface area (Å²) in [6.45, 7) is 1.11. The van der Waals surface area contributed by atoms with Gasteiger partial charge in [-0.3, -0.25) is 4.79 Å². The third-order valence-corrected chi connectivity index (χ3v) is 5.22. The minimum atomic E-state index is -0.181. The lowest BCUT2D eigenvalue weighted by molar-refractivity contribution is -0.134. The molecule has 1 aromatic carbocycles. The van der Waals surface area contributed by atoms with Crippen molar-refractivity contribution in [3.8, 4) is 0 Å². The van der Waals surface area contributed by atoms with E-state index in [2.05, 4.69) is 29.6 Å². The zero-order valence-corrected chi connectivity index (χ0v) is 13.2. The van der Waals surface area contributed by atoms with Gasteiger partial charge in [0.05, 0.1) is 5.41 Å². The molecule has 2 aliphatic carbocycles. The molecule has 0 aliphatic heterocycles. The molecule has 0 saturated heterocycles. The van der Waals surface area contributed by atoms with Crippen molar-refractivity contribution >= 4 is 18.3 Å². The summed E-state index contributed by atoms with van der Waals surface area (Å²) < 4.78 is 0. The van der Waals surface area contributed by atoms with E-state index in [0.717, 1.165) is 18.8 Å². The van der Waals surface area contributed by atoms with Crippen LogP contribution in [-0.4, -0.2) is 19.0 Å². The van der Waals surface area contributed by atoms with Crippen molar-refractivity contribution in [1.82, 2.24) is 5.32 Å². The Morgan fingerprint density at radius 2 is 2.05 bits per heavy atom. The molecule has 0 radical (unpaired) electrons. The first-order valence-electron chi connectivity index (χ1n) is 7.77. The van der Waals surface area contributed by atoms with Gasteiger partial charge in [0.2, 0.25) is 5.91 Å². The molecule has 3 N–H and O–H groups in total. The molecule has 0 heterocycles. The molecular weight excluding hydrogens is 284 g/mol. The molecule has 3 nitrogen and oxygen atoms in total. The van der Waals surface area contributed by atoms with Crippen LogP contribution in [0.1, 0.15) is 31.2 Å². The molecular formula is C17H25ClN2O. The highest BCUT2D eigenvalue weighted by Gasteiger charge is 2.54. The van der Waals surface area contributed by atoms with E-state index in [4.69, 9.17) is 5.73 Å². The highest BCUT2D eigenvalue weighted by molar-refractivity contribution is 5.85. The first kappa shape index (κ1) is 16.3. The van der Waals surface area contributed by atoms with Crippen molar-refractivity contribution in [3.05, 3.63) is 35.9 Å². The lowest BCUT2D eigenvalue weighted by Crippen LogP contribution is -2.47. The Kier molecular flexibility index (Phi) is 5.28. The zero-order valence-electron chi connectivity index (χ0n) is 12.4. The number of nitrogens with two attached hydrogens (primary N) is 1. The molecule has 1 amide bonds. The fourth-order valence-corrected chi connectivity index (χ4v) is 4.34. The molecule has 0 spiro atoms. The maximum absolute atomic E-state index is 12.8. The number of amides is 1. The van der Waals surface area contributed by atoms with Gasteiger partial charge >= 0.3 is 0 Å². The normalized spacial score (nSPS) is 30.0. The topological polar surface area (TPSA) is 55.1 Å². The molecule has 4 heteroatoms. The van der Waals surface area contributed by atoms with Gasteiger partial charge in [-0.1, -0.05) is 36.8 Å². The number of hydrogen-bond donors (Lipinski definition) is 2. The van der Waals surface area contributed by atoms with Crippen LogP contribution in [-0.2, 0) is 11.2 Å². The minimum Gasteiger partial charge on any atom is -0.354 e. The molecule has 2 saturated carbocycles. The van der Waals surface area contributed by atoms with E-state index < -0.39 is 0 Å². The van der Waals surface area contributed by atoms with Crippen LogP contribution in [0.2, 0.25) is 0 Å². The zero-order chi connectivity index (χ0) is 14.0. The first-order valence-corrected chi connectivity index (χ1v) is 7.77. The van der Waals surface area contributed by atoms with Crippen LogP contribution in [0.3, 0.4) is 0 Å². The lowest BCUT2D eigenvalue weighted by atomic mass is 9.68. The van der Waals surface area contributed by atoms with Crippen LogP contribution in [0, 0.1) is 17.3 Å². The Morgan fingerprint density at radius 1 is 1.29 bits per heavy atom. The summed E-state index contributed by atoms with van der Waals surface area (Å²) in [4.78, 5) is 12.8. The third-order valence-electron chi connectivity index (χ3n) is 5.22. The molecule has 0 aromatic heterocycles. The maximum Gasteiger partial charge on any atom is 0.226 e. The molecule has 3 unspecified atom stereocenters. The van der Waals surface area contributed by atoms with Gasteiger partial charge in [0.1, 0.15) is 0 Å². The van der Waals surface area contributed by atoms with Gasteiger partial charge in [0.25, 0.3) is 0 Å². The van der Waals surface area contributed by atoms with Crippen LogP contribution in [0.15, 0.2) is 30.3 Å². The minimum absolute atomic E-state index is 0. The van der Waals surface area contributed by atoms with E-state index in [1.54, 1.807) is 0 Å². The SMILES string of the molecule is Cl.NCCNC(=O)C1(Cc2ccccc2)CC2CCC1C2. The molecule has 2 aliphatic rings. The van der Waals surface area contributed by atoms with Crippen molar-refractivity contribution in [2.75, 3.05) is 13.1 Å². The Hall–Kier alpha value is -1.06. The van der Waals surface area contributed by atoms with Crippen LogP contribution in [0.5, 0.6) is 0 Å². The van der Waals surface area contributed by atoms with Crippen molar-refractivity contribution < 1.29 is 4.79 Å². The Labute approximate surface area is 133 Å². The maximum atomic E-state index is 12.8. The number of hydrogen-bond acceptors (Lipinski definition) is 2. The van der Waals surface area contributed by atoms with Gasteiger partial charge in [0, 0.05) is 13.1 Å². The number of nitrogens with one attached hydrogen (secondary N) is 1. The van der Waals surface area contributed by atoms with Gasteiger partial charge in [-0.15, -0.1) is 12.4 Å². The molecule has 116 valence electrons. The van der Waals surface area contributed by atoms with Gasteiger partial charge in [-0.05, 0) is 43.1 Å². The molecule has 2 fully saturated rings. The number of carbonyl (C=O) groups is 1. The largest absolute Gasteiger partial charge is 0.354 e. The number of carbonyl (C=O) groups excluding carboxylic acids is 1. The van der Waals surface area contributed by atoms with E-state index in [0.29, 0.717) is 19.0 Å². The number of rotatable bonds is 5. The highest BCUT2D eigenvalue weighted by atomic mass is 35.5. The van der Waals surface area contributed by atoms with Crippen molar-refractivity contribution in [2.24, 2.45) is 23.0 Å². The third kappa shape index (κ3) is 3.09. The van der Waals surface area contributed by atoms with E-state index in [9.17, 15) is 4.79 Å². The van der Waals surface area contributed by atoms with E-state index in [-0.39, 0.29) is 23.7 Å². The summed E-state index contributed by atoms with van der Waals surface area (Å²) >= 11 is 0. The van der Waals surface area contributed by atoms with Crippen LogP contribution in [0.25, 0.3) is 0 Å². The number of benzene rings is 1. The van der Waals surface area contributed by atoms with Gasteiger partial charge in [0.15, 0.2) is 0 Å². The number of fused-ring (bicyclic) bond motifs is 2. The molecule has 21 heavy (non-hydrogen) atoms. The van der Waals surface area contributed by atoms with Crippen molar-refractivity contribution in [2.45, 2.75) is 32.1 Å². The fraction of sp³-hybridized carbons (Fsp3) is 0.588. The van der Waals surface area contributed by atoms with Crippen molar-refractivity contribution in [1.29, 1.82) is 0 Å². The molecule has 3 rings (SSSR count). The molecule has 3 atom stereocenters. The summed E-state index contributed by atoms with van der Waals surface area (Å²) in [5, 5.41) is 3.06. The molecule has 1 aromatic rings. The first-order chi connectivity index (χ1) is 9.74. The van der Waals surface area contributed by atoms with Gasteiger partial charge in [-0.2, -0.15) is 0 Å². The van der Waals surface area contributed by atoms with Gasteiger partial charge < -0.3 is 11.1 Å². The van der Waals surface area contributed by atoms with E-state index in [1.807, 2.05) is 6.07 Å². The Bertz CT molecular complexity index is 479. The average molecular weight is 309 g/mol. The van der Waals surface area contributed by atoms with Crippen LogP contribution >= 0.6 is 12.4 Å². The lowest BCUT2D eigenvalue weighted by Gasteiger charge is -2.36. The average Bonchev–Trinajstić information content (AvgIpc) is 3.07. The fourth-order valence-electron chi connectivity index (χ4n) is 4.34. The summed E-state index contributed by atoms with van der Waals surface area (Å²) in [6, 6.07) is 10.4. The predicted molar refractivity (Wildman–Crippen MR) is 87.3 cm³/mol. The summed E-state index contributed by atoms with van der Waals surface area (Å²) in [7, 11) is 0. The highest BCUT2D eigenvalue weighted by Crippen LogP contribution is 2.57.